The number of nitrogens with zero attached hydrogens (tertiary/aromatic N) is 1. The number of methoxy groups -OCH3 is 1. The molecule has 1 saturated heterocycles. The first-order chi connectivity index (χ1) is 10.8. The first-order valence-electron chi connectivity index (χ1n) is 8.20. The third-order valence-electron chi connectivity index (χ3n) is 3.88. The number of piperazine rings is 1. The van der Waals surface area contributed by atoms with E-state index in [-0.39, 0.29) is 0 Å². The number of unbranched alkanes of at least 4 members (excludes halogenated alkanes) is 1. The van der Waals surface area contributed by atoms with E-state index < -0.39 is 0 Å². The maximum Gasteiger partial charge on any atom is 0.161 e. The monoisotopic (exact) mass is 304 g/mol. The third kappa shape index (κ3) is 5.35. The van der Waals surface area contributed by atoms with Crippen LogP contribution in [-0.4, -0.2) is 51.3 Å². The Balaban J connectivity index is 1.71. The summed E-state index contributed by atoms with van der Waals surface area (Å²) in [4.78, 5) is 2.52. The van der Waals surface area contributed by atoms with Crippen molar-refractivity contribution < 1.29 is 9.47 Å². The van der Waals surface area contributed by atoms with Crippen molar-refractivity contribution in [1.82, 2.24) is 10.2 Å². The summed E-state index contributed by atoms with van der Waals surface area (Å²) in [6, 6.07) is 6.05. The summed E-state index contributed by atoms with van der Waals surface area (Å²) in [7, 11) is 1.69. The van der Waals surface area contributed by atoms with E-state index in [0.717, 1.165) is 43.2 Å². The van der Waals surface area contributed by atoms with Crippen molar-refractivity contribution in [2.24, 2.45) is 0 Å². The van der Waals surface area contributed by atoms with Crippen molar-refractivity contribution in [3.05, 3.63) is 29.8 Å². The van der Waals surface area contributed by atoms with Crippen LogP contribution in [0.4, 0.5) is 0 Å². The van der Waals surface area contributed by atoms with Crippen LogP contribution in [0.2, 0.25) is 0 Å². The molecule has 1 aromatic rings. The predicted molar refractivity (Wildman–Crippen MR) is 91.7 cm³/mol. The van der Waals surface area contributed by atoms with E-state index in [4.69, 9.17) is 9.47 Å². The molecule has 0 unspecified atom stereocenters. The van der Waals surface area contributed by atoms with Gasteiger partial charge in [-0.2, -0.15) is 0 Å². The van der Waals surface area contributed by atoms with E-state index in [0.29, 0.717) is 0 Å². The molecule has 2 rings (SSSR count). The highest BCUT2D eigenvalue weighted by atomic mass is 16.5. The smallest absolute Gasteiger partial charge is 0.161 e. The standard InChI is InChI=1S/C18H28N2O2/c1-3-6-16-7-8-17(18(15-16)21-2)22-14-5-4-11-20-12-9-19-10-13-20/h3,6-8,15,19H,4-5,9-14H2,1-2H3/b6-3+. The number of hydrogen-bond acceptors (Lipinski definition) is 4. The molecule has 1 aromatic carbocycles. The first-order valence-corrected chi connectivity index (χ1v) is 8.20. The van der Waals surface area contributed by atoms with Crippen molar-refractivity contribution in [3.63, 3.8) is 0 Å². The average molecular weight is 304 g/mol. The zero-order chi connectivity index (χ0) is 15.6. The van der Waals surface area contributed by atoms with Crippen molar-refractivity contribution >= 4 is 6.08 Å². The van der Waals surface area contributed by atoms with Gasteiger partial charge in [0.15, 0.2) is 11.5 Å². The van der Waals surface area contributed by atoms with Gasteiger partial charge in [-0.3, -0.25) is 0 Å². The molecule has 4 heteroatoms. The van der Waals surface area contributed by atoms with Crippen LogP contribution in [0.3, 0.4) is 0 Å². The third-order valence-corrected chi connectivity index (χ3v) is 3.88. The topological polar surface area (TPSA) is 33.7 Å². The summed E-state index contributed by atoms with van der Waals surface area (Å²) >= 11 is 0. The number of hydrogen-bond donors (Lipinski definition) is 1. The zero-order valence-electron chi connectivity index (χ0n) is 13.8. The Labute approximate surface area is 134 Å². The maximum atomic E-state index is 5.87. The summed E-state index contributed by atoms with van der Waals surface area (Å²) < 4.78 is 11.3. The fourth-order valence-electron chi connectivity index (χ4n) is 2.65. The largest absolute Gasteiger partial charge is 0.493 e. The highest BCUT2D eigenvalue weighted by Crippen LogP contribution is 2.28. The van der Waals surface area contributed by atoms with Gasteiger partial charge in [-0.25, -0.2) is 0 Å². The van der Waals surface area contributed by atoms with Crippen LogP contribution in [0.25, 0.3) is 6.08 Å². The molecule has 0 atom stereocenters. The lowest BCUT2D eigenvalue weighted by Crippen LogP contribution is -2.43. The van der Waals surface area contributed by atoms with Gasteiger partial charge in [0.05, 0.1) is 13.7 Å². The van der Waals surface area contributed by atoms with Crippen LogP contribution in [0.5, 0.6) is 11.5 Å². The van der Waals surface area contributed by atoms with Crippen molar-refractivity contribution in [2.75, 3.05) is 46.4 Å². The molecule has 1 fully saturated rings. The van der Waals surface area contributed by atoms with E-state index in [9.17, 15) is 0 Å². The maximum absolute atomic E-state index is 5.87. The molecule has 1 N–H and O–H groups in total. The Bertz CT molecular complexity index is 468. The van der Waals surface area contributed by atoms with E-state index in [2.05, 4.69) is 22.4 Å². The second-order valence-electron chi connectivity index (χ2n) is 5.56. The average Bonchev–Trinajstić information content (AvgIpc) is 2.56. The molecule has 0 bridgehead atoms. The van der Waals surface area contributed by atoms with Gasteiger partial charge < -0.3 is 19.7 Å². The Morgan fingerprint density at radius 3 is 2.73 bits per heavy atom. The molecule has 4 nitrogen and oxygen atoms in total. The van der Waals surface area contributed by atoms with Crippen molar-refractivity contribution in [1.29, 1.82) is 0 Å². The van der Waals surface area contributed by atoms with Crippen LogP contribution in [0.1, 0.15) is 25.3 Å². The summed E-state index contributed by atoms with van der Waals surface area (Å²) in [6.07, 6.45) is 6.33. The van der Waals surface area contributed by atoms with E-state index in [1.807, 2.05) is 25.1 Å². The quantitative estimate of drug-likeness (QED) is 0.749. The fraction of sp³-hybridized carbons (Fsp3) is 0.556. The van der Waals surface area contributed by atoms with Gasteiger partial charge in [0.1, 0.15) is 0 Å². The molecule has 0 amide bonds. The molecular weight excluding hydrogens is 276 g/mol. The molecule has 0 spiro atoms. The number of ether oxygens (including phenoxy) is 2. The Hall–Kier alpha value is -1.52. The normalized spacial score (nSPS) is 16.1. The van der Waals surface area contributed by atoms with E-state index >= 15 is 0 Å². The second-order valence-corrected chi connectivity index (χ2v) is 5.56. The summed E-state index contributed by atoms with van der Waals surface area (Å²) in [5.74, 6) is 1.63. The molecule has 22 heavy (non-hydrogen) atoms. The highest BCUT2D eigenvalue weighted by molar-refractivity contribution is 5.55. The minimum absolute atomic E-state index is 0.741. The number of nitrogens with one attached hydrogen (secondary N) is 1. The van der Waals surface area contributed by atoms with E-state index in [1.54, 1.807) is 7.11 Å². The van der Waals surface area contributed by atoms with Crippen LogP contribution in [0.15, 0.2) is 24.3 Å². The minimum atomic E-state index is 0.741. The van der Waals surface area contributed by atoms with Crippen LogP contribution < -0.4 is 14.8 Å². The van der Waals surface area contributed by atoms with E-state index in [1.165, 1.54) is 26.1 Å². The van der Waals surface area contributed by atoms with Crippen molar-refractivity contribution in [2.45, 2.75) is 19.8 Å². The van der Waals surface area contributed by atoms with Crippen molar-refractivity contribution in [3.8, 4) is 11.5 Å². The Morgan fingerprint density at radius 1 is 1.18 bits per heavy atom. The van der Waals surface area contributed by atoms with Gasteiger partial charge in [0, 0.05) is 26.2 Å². The SMILES string of the molecule is C/C=C/c1ccc(OCCCCN2CCNCC2)c(OC)c1. The Morgan fingerprint density at radius 2 is 2.00 bits per heavy atom. The number of allylic oxidation sites excluding steroid dienone is 1. The molecule has 0 aromatic heterocycles. The highest BCUT2D eigenvalue weighted by Gasteiger charge is 2.09. The van der Waals surface area contributed by atoms with Crippen LogP contribution in [0, 0.1) is 0 Å². The number of benzene rings is 1. The molecule has 1 aliphatic rings. The Kier molecular flexibility index (Phi) is 7.26. The summed E-state index contributed by atoms with van der Waals surface area (Å²) in [5.41, 5.74) is 1.13. The lowest BCUT2D eigenvalue weighted by molar-refractivity contribution is 0.224. The fourth-order valence-corrected chi connectivity index (χ4v) is 2.65. The van der Waals surface area contributed by atoms with Gasteiger partial charge in [-0.05, 0) is 44.0 Å². The summed E-state index contributed by atoms with van der Waals surface area (Å²) in [6.45, 7) is 8.49. The molecule has 0 radical (unpaired) electrons. The molecule has 1 aliphatic heterocycles. The molecule has 0 saturated carbocycles. The van der Waals surface area contributed by atoms with Gasteiger partial charge >= 0.3 is 0 Å². The number of rotatable bonds is 8. The zero-order valence-corrected chi connectivity index (χ0v) is 13.8. The first kappa shape index (κ1) is 16.8. The molecule has 0 aliphatic carbocycles. The van der Waals surface area contributed by atoms with Gasteiger partial charge in [0.25, 0.3) is 0 Å². The van der Waals surface area contributed by atoms with Gasteiger partial charge in [-0.1, -0.05) is 18.2 Å². The second kappa shape index (κ2) is 9.49. The summed E-state index contributed by atoms with van der Waals surface area (Å²) in [5, 5.41) is 3.38. The molecule has 122 valence electrons. The van der Waals surface area contributed by atoms with Gasteiger partial charge in [-0.15, -0.1) is 0 Å². The lowest BCUT2D eigenvalue weighted by Gasteiger charge is -2.27. The van der Waals surface area contributed by atoms with Crippen LogP contribution >= 0.6 is 0 Å². The van der Waals surface area contributed by atoms with Crippen LogP contribution in [-0.2, 0) is 0 Å². The molecule has 1 heterocycles. The minimum Gasteiger partial charge on any atom is -0.493 e. The lowest BCUT2D eigenvalue weighted by atomic mass is 10.2. The predicted octanol–water partition coefficient (Wildman–Crippen LogP) is 2.79. The van der Waals surface area contributed by atoms with Gasteiger partial charge in [0.2, 0.25) is 0 Å². The molecular formula is C18H28N2O2.